The summed E-state index contributed by atoms with van der Waals surface area (Å²) in [5.41, 5.74) is 6.44. The van der Waals surface area contributed by atoms with Gasteiger partial charge in [0.15, 0.2) is 6.10 Å². The molecule has 1 aliphatic rings. The Morgan fingerprint density at radius 1 is 1.22 bits per heavy atom. The van der Waals surface area contributed by atoms with Crippen LogP contribution in [0.15, 0.2) is 30.3 Å². The van der Waals surface area contributed by atoms with Gasteiger partial charge in [0.05, 0.1) is 0 Å². The summed E-state index contributed by atoms with van der Waals surface area (Å²) in [6.07, 6.45) is 2.59. The number of carbonyl (C=O) groups excluding carboxylic acids is 1. The van der Waals surface area contributed by atoms with Crippen LogP contribution in [0, 0.1) is 0 Å². The molecule has 1 saturated carbocycles. The van der Waals surface area contributed by atoms with Crippen LogP contribution in [0.2, 0.25) is 0 Å². The van der Waals surface area contributed by atoms with Crippen LogP contribution in [-0.4, -0.2) is 23.1 Å². The molecule has 1 unspecified atom stereocenters. The van der Waals surface area contributed by atoms with Crippen molar-refractivity contribution in [1.82, 2.24) is 5.32 Å². The highest BCUT2D eigenvalue weighted by Crippen LogP contribution is 2.18. The highest BCUT2D eigenvalue weighted by molar-refractivity contribution is 5.82. The van der Waals surface area contributed by atoms with Crippen molar-refractivity contribution in [2.45, 2.75) is 43.9 Å². The fourth-order valence-electron chi connectivity index (χ4n) is 2.33. The third-order valence-electron chi connectivity index (χ3n) is 3.48. The summed E-state index contributed by atoms with van der Waals surface area (Å²) < 4.78 is 0. The second-order valence-electron chi connectivity index (χ2n) is 4.93. The van der Waals surface area contributed by atoms with E-state index >= 15 is 0 Å². The van der Waals surface area contributed by atoms with E-state index in [1.54, 1.807) is 12.1 Å². The summed E-state index contributed by atoms with van der Waals surface area (Å²) in [4.78, 5) is 11.9. The molecule has 1 aliphatic carbocycles. The molecule has 1 aromatic carbocycles. The summed E-state index contributed by atoms with van der Waals surface area (Å²) in [6, 6.07) is 9.39. The van der Waals surface area contributed by atoms with Crippen molar-refractivity contribution >= 4 is 5.91 Å². The summed E-state index contributed by atoms with van der Waals surface area (Å²) in [7, 11) is 0. The molecular formula is C14H20N2O2. The highest BCUT2D eigenvalue weighted by atomic mass is 16.3. The van der Waals surface area contributed by atoms with Gasteiger partial charge < -0.3 is 16.2 Å². The first-order chi connectivity index (χ1) is 8.66. The normalized spacial score (nSPS) is 25.4. The minimum Gasteiger partial charge on any atom is -0.378 e. The second-order valence-corrected chi connectivity index (χ2v) is 4.93. The summed E-state index contributed by atoms with van der Waals surface area (Å²) in [5, 5.41) is 12.8. The predicted octanol–water partition coefficient (Wildman–Crippen LogP) is 1.11. The third kappa shape index (κ3) is 3.31. The first-order valence-corrected chi connectivity index (χ1v) is 6.46. The number of benzene rings is 1. The van der Waals surface area contributed by atoms with Crippen molar-refractivity contribution in [3.8, 4) is 0 Å². The zero-order valence-corrected chi connectivity index (χ0v) is 10.4. The number of amides is 1. The highest BCUT2D eigenvalue weighted by Gasteiger charge is 2.23. The van der Waals surface area contributed by atoms with E-state index in [0.29, 0.717) is 5.56 Å². The van der Waals surface area contributed by atoms with Gasteiger partial charge in [-0.3, -0.25) is 4.79 Å². The van der Waals surface area contributed by atoms with E-state index in [2.05, 4.69) is 5.32 Å². The van der Waals surface area contributed by atoms with Gasteiger partial charge in [0, 0.05) is 12.1 Å². The number of rotatable bonds is 3. The Hall–Kier alpha value is -1.39. The molecule has 0 aliphatic heterocycles. The van der Waals surface area contributed by atoms with Gasteiger partial charge in [0.25, 0.3) is 5.91 Å². The van der Waals surface area contributed by atoms with Crippen LogP contribution in [-0.2, 0) is 4.79 Å². The maximum Gasteiger partial charge on any atom is 0.253 e. The quantitative estimate of drug-likeness (QED) is 0.750. The Labute approximate surface area is 107 Å². The van der Waals surface area contributed by atoms with Gasteiger partial charge in [0.2, 0.25) is 0 Å². The monoisotopic (exact) mass is 248 g/mol. The van der Waals surface area contributed by atoms with Crippen molar-refractivity contribution in [2.75, 3.05) is 0 Å². The fraction of sp³-hybridized carbons (Fsp3) is 0.500. The molecule has 4 nitrogen and oxygen atoms in total. The molecule has 0 aromatic heterocycles. The SMILES string of the molecule is NC1CCC(NC(=O)C(O)c2ccccc2)CC1. The Balaban J connectivity index is 1.88. The number of nitrogens with two attached hydrogens (primary N) is 1. The zero-order chi connectivity index (χ0) is 13.0. The molecule has 4 N–H and O–H groups in total. The molecule has 1 fully saturated rings. The molecule has 4 heteroatoms. The summed E-state index contributed by atoms with van der Waals surface area (Å²) >= 11 is 0. The Kier molecular flexibility index (Phi) is 4.33. The second kappa shape index (κ2) is 5.98. The van der Waals surface area contributed by atoms with E-state index in [4.69, 9.17) is 5.73 Å². The number of carbonyl (C=O) groups is 1. The van der Waals surface area contributed by atoms with Gasteiger partial charge in [-0.15, -0.1) is 0 Å². The van der Waals surface area contributed by atoms with Crippen molar-refractivity contribution in [2.24, 2.45) is 5.73 Å². The maximum atomic E-state index is 11.9. The van der Waals surface area contributed by atoms with E-state index in [1.165, 1.54) is 0 Å². The number of hydrogen-bond acceptors (Lipinski definition) is 3. The van der Waals surface area contributed by atoms with Gasteiger partial charge in [-0.1, -0.05) is 30.3 Å². The first kappa shape index (κ1) is 13.1. The predicted molar refractivity (Wildman–Crippen MR) is 69.8 cm³/mol. The molecule has 0 radical (unpaired) electrons. The molecule has 0 bridgehead atoms. The lowest BCUT2D eigenvalue weighted by atomic mass is 9.91. The Morgan fingerprint density at radius 2 is 1.83 bits per heavy atom. The van der Waals surface area contributed by atoms with Crippen molar-refractivity contribution in [3.63, 3.8) is 0 Å². The lowest BCUT2D eigenvalue weighted by Crippen LogP contribution is -2.42. The molecule has 0 spiro atoms. The molecule has 2 rings (SSSR count). The van der Waals surface area contributed by atoms with Gasteiger partial charge in [0.1, 0.15) is 0 Å². The van der Waals surface area contributed by atoms with Crippen molar-refractivity contribution in [3.05, 3.63) is 35.9 Å². The van der Waals surface area contributed by atoms with Gasteiger partial charge in [-0.2, -0.15) is 0 Å². The molecule has 0 saturated heterocycles. The van der Waals surface area contributed by atoms with Crippen LogP contribution in [0.25, 0.3) is 0 Å². The molecule has 1 aromatic rings. The molecule has 18 heavy (non-hydrogen) atoms. The molecule has 1 amide bonds. The Bertz CT molecular complexity index is 386. The number of aliphatic hydroxyl groups excluding tert-OH is 1. The van der Waals surface area contributed by atoms with Crippen molar-refractivity contribution < 1.29 is 9.90 Å². The standard InChI is InChI=1S/C14H20N2O2/c15-11-6-8-12(9-7-11)16-14(18)13(17)10-4-2-1-3-5-10/h1-5,11-13,17H,6-9,15H2,(H,16,18). The van der Waals surface area contributed by atoms with Crippen LogP contribution < -0.4 is 11.1 Å². The minimum absolute atomic E-state index is 0.149. The van der Waals surface area contributed by atoms with Crippen LogP contribution in [0.1, 0.15) is 37.4 Å². The number of nitrogens with one attached hydrogen (secondary N) is 1. The Morgan fingerprint density at radius 3 is 2.44 bits per heavy atom. The molecule has 98 valence electrons. The summed E-state index contributed by atoms with van der Waals surface area (Å²) in [6.45, 7) is 0. The smallest absolute Gasteiger partial charge is 0.253 e. The van der Waals surface area contributed by atoms with Crippen LogP contribution in [0.3, 0.4) is 0 Å². The zero-order valence-electron chi connectivity index (χ0n) is 10.4. The van der Waals surface area contributed by atoms with Gasteiger partial charge >= 0.3 is 0 Å². The number of aliphatic hydroxyl groups is 1. The van der Waals surface area contributed by atoms with Crippen LogP contribution in [0.5, 0.6) is 0 Å². The third-order valence-corrected chi connectivity index (χ3v) is 3.48. The van der Waals surface area contributed by atoms with E-state index in [0.717, 1.165) is 25.7 Å². The summed E-state index contributed by atoms with van der Waals surface area (Å²) in [5.74, 6) is -0.318. The van der Waals surface area contributed by atoms with Gasteiger partial charge in [-0.25, -0.2) is 0 Å². The number of hydrogen-bond donors (Lipinski definition) is 3. The van der Waals surface area contributed by atoms with E-state index < -0.39 is 6.10 Å². The average Bonchev–Trinajstić information content (AvgIpc) is 2.41. The molecule has 1 atom stereocenters. The van der Waals surface area contributed by atoms with E-state index in [1.807, 2.05) is 18.2 Å². The van der Waals surface area contributed by atoms with Gasteiger partial charge in [-0.05, 0) is 31.2 Å². The van der Waals surface area contributed by atoms with E-state index in [-0.39, 0.29) is 18.0 Å². The van der Waals surface area contributed by atoms with Crippen LogP contribution in [0.4, 0.5) is 0 Å². The first-order valence-electron chi connectivity index (χ1n) is 6.46. The minimum atomic E-state index is -1.08. The van der Waals surface area contributed by atoms with Crippen molar-refractivity contribution in [1.29, 1.82) is 0 Å². The largest absolute Gasteiger partial charge is 0.378 e. The lowest BCUT2D eigenvalue weighted by Gasteiger charge is -2.27. The average molecular weight is 248 g/mol. The fourth-order valence-corrected chi connectivity index (χ4v) is 2.33. The topological polar surface area (TPSA) is 75.3 Å². The lowest BCUT2D eigenvalue weighted by molar-refractivity contribution is -0.130. The molecule has 0 heterocycles. The molecular weight excluding hydrogens is 228 g/mol. The van der Waals surface area contributed by atoms with Crippen LogP contribution >= 0.6 is 0 Å². The van der Waals surface area contributed by atoms with E-state index in [9.17, 15) is 9.90 Å². The maximum absolute atomic E-state index is 11.9.